The van der Waals surface area contributed by atoms with E-state index in [9.17, 15) is 9.18 Å². The molecule has 1 fully saturated rings. The summed E-state index contributed by atoms with van der Waals surface area (Å²) in [6.45, 7) is 8.31. The highest BCUT2D eigenvalue weighted by Gasteiger charge is 2.52. The maximum absolute atomic E-state index is 14.1. The van der Waals surface area contributed by atoms with Gasteiger partial charge in [-0.15, -0.1) is 0 Å². The fourth-order valence-corrected chi connectivity index (χ4v) is 2.40. The number of rotatable bonds is 5. The molecule has 0 aromatic heterocycles. The van der Waals surface area contributed by atoms with E-state index in [2.05, 4.69) is 5.32 Å². The molecule has 0 spiro atoms. The third-order valence-corrected chi connectivity index (χ3v) is 4.48. The Morgan fingerprint density at radius 1 is 1.26 bits per heavy atom. The molecular weight excluding hydrogens is 296 g/mol. The average Bonchev–Trinajstić information content (AvgIpc) is 2.68. The Kier molecular flexibility index (Phi) is 5.09. The van der Waals surface area contributed by atoms with E-state index in [1.165, 1.54) is 12.1 Å². The summed E-state index contributed by atoms with van der Waals surface area (Å²) >= 11 is 0. The highest BCUT2D eigenvalue weighted by molar-refractivity contribution is 6.56. The van der Waals surface area contributed by atoms with Crippen LogP contribution in [0.15, 0.2) is 23.7 Å². The number of hydrogen-bond acceptors (Lipinski definition) is 4. The molecule has 0 amide bonds. The van der Waals surface area contributed by atoms with Crippen LogP contribution in [0.25, 0.3) is 6.08 Å². The second-order valence-corrected chi connectivity index (χ2v) is 6.70. The summed E-state index contributed by atoms with van der Waals surface area (Å²) in [5, 5.41) is 3.04. The minimum atomic E-state index is -0.591. The summed E-state index contributed by atoms with van der Waals surface area (Å²) in [7, 11) is 1.20. The van der Waals surface area contributed by atoms with E-state index in [1.807, 2.05) is 27.7 Å². The molecule has 1 heterocycles. The summed E-state index contributed by atoms with van der Waals surface area (Å²) in [5.41, 5.74) is 0.331. The zero-order valence-corrected chi connectivity index (χ0v) is 14.3. The first-order chi connectivity index (χ1) is 10.7. The number of likely N-dealkylation sites (N-methyl/N-ethyl adjacent to an activating group) is 1. The first-order valence-electron chi connectivity index (χ1n) is 7.66. The van der Waals surface area contributed by atoms with Gasteiger partial charge in [0.1, 0.15) is 5.82 Å². The molecule has 0 aliphatic carbocycles. The van der Waals surface area contributed by atoms with Crippen LogP contribution in [-0.4, -0.2) is 38.2 Å². The molecule has 23 heavy (non-hydrogen) atoms. The van der Waals surface area contributed by atoms with Gasteiger partial charge in [-0.25, -0.2) is 4.39 Å². The quantitative estimate of drug-likeness (QED) is 0.670. The Labute approximate surface area is 137 Å². The van der Waals surface area contributed by atoms with Crippen molar-refractivity contribution in [2.45, 2.75) is 38.9 Å². The third-order valence-electron chi connectivity index (χ3n) is 4.48. The predicted octanol–water partition coefficient (Wildman–Crippen LogP) is 2.87. The SMILES string of the molecule is CNCC(=Cc1c(F)cccc1C=O)B1OC(C)(C)C(C)(C)O1. The fourth-order valence-electron chi connectivity index (χ4n) is 2.40. The molecule has 4 nitrogen and oxygen atoms in total. The number of carbonyl (C=O) groups excluding carboxylic acids is 1. The van der Waals surface area contributed by atoms with E-state index < -0.39 is 24.1 Å². The normalized spacial score (nSPS) is 19.9. The van der Waals surface area contributed by atoms with Gasteiger partial charge in [0, 0.05) is 17.7 Å². The van der Waals surface area contributed by atoms with Crippen LogP contribution in [0.4, 0.5) is 4.39 Å². The minimum Gasteiger partial charge on any atom is -0.400 e. The van der Waals surface area contributed by atoms with Crippen LogP contribution < -0.4 is 5.32 Å². The van der Waals surface area contributed by atoms with Gasteiger partial charge in [0.2, 0.25) is 0 Å². The van der Waals surface area contributed by atoms with Gasteiger partial charge in [-0.2, -0.15) is 0 Å². The summed E-state index contributed by atoms with van der Waals surface area (Å²) < 4.78 is 26.2. The van der Waals surface area contributed by atoms with Crippen molar-refractivity contribution in [3.63, 3.8) is 0 Å². The molecule has 1 aliphatic heterocycles. The van der Waals surface area contributed by atoms with Gasteiger partial charge in [-0.3, -0.25) is 4.79 Å². The van der Waals surface area contributed by atoms with Crippen molar-refractivity contribution in [3.05, 3.63) is 40.6 Å². The maximum atomic E-state index is 14.1. The molecule has 1 aromatic rings. The van der Waals surface area contributed by atoms with Gasteiger partial charge in [-0.05, 0) is 46.3 Å². The molecule has 0 unspecified atom stereocenters. The van der Waals surface area contributed by atoms with Gasteiger partial charge in [0.15, 0.2) is 6.29 Å². The zero-order chi connectivity index (χ0) is 17.3. The van der Waals surface area contributed by atoms with Crippen molar-refractivity contribution < 1.29 is 18.5 Å². The Morgan fingerprint density at radius 3 is 2.39 bits per heavy atom. The van der Waals surface area contributed by atoms with Crippen molar-refractivity contribution in [1.29, 1.82) is 0 Å². The molecule has 0 atom stereocenters. The van der Waals surface area contributed by atoms with Gasteiger partial charge < -0.3 is 14.6 Å². The van der Waals surface area contributed by atoms with Crippen LogP contribution in [0, 0.1) is 5.82 Å². The molecule has 1 aliphatic rings. The van der Waals surface area contributed by atoms with Gasteiger partial charge >= 0.3 is 7.12 Å². The van der Waals surface area contributed by atoms with Crippen LogP contribution in [0.5, 0.6) is 0 Å². The second kappa shape index (κ2) is 6.55. The average molecular weight is 319 g/mol. The lowest BCUT2D eigenvalue weighted by molar-refractivity contribution is 0.00578. The zero-order valence-electron chi connectivity index (χ0n) is 14.3. The van der Waals surface area contributed by atoms with Crippen LogP contribution in [-0.2, 0) is 9.31 Å². The monoisotopic (exact) mass is 319 g/mol. The first-order valence-corrected chi connectivity index (χ1v) is 7.66. The van der Waals surface area contributed by atoms with Crippen LogP contribution in [0.1, 0.15) is 43.6 Å². The van der Waals surface area contributed by atoms with Crippen molar-refractivity contribution in [2.24, 2.45) is 0 Å². The number of aldehydes is 1. The van der Waals surface area contributed by atoms with E-state index in [0.717, 1.165) is 5.47 Å². The summed E-state index contributed by atoms with van der Waals surface area (Å²) in [6.07, 6.45) is 2.29. The molecule has 2 rings (SSSR count). The number of nitrogens with one attached hydrogen (secondary N) is 1. The molecule has 0 saturated carbocycles. The maximum Gasteiger partial charge on any atom is 0.491 e. The Hall–Kier alpha value is -1.50. The Bertz CT molecular complexity index is 612. The van der Waals surface area contributed by atoms with Gasteiger partial charge in [-0.1, -0.05) is 18.2 Å². The standard InChI is InChI=1S/C17H23BFNO3/c1-16(2)17(3,4)23-18(22-16)13(10-20-5)9-14-12(11-21)7-6-8-15(14)19/h6-9,11,20H,10H2,1-5H3. The fraction of sp³-hybridized carbons (Fsp3) is 0.471. The van der Waals surface area contributed by atoms with Gasteiger partial charge in [0.25, 0.3) is 0 Å². The number of halogens is 1. The molecular formula is C17H23BFNO3. The lowest BCUT2D eigenvalue weighted by Gasteiger charge is -2.32. The Morgan fingerprint density at radius 2 is 1.87 bits per heavy atom. The van der Waals surface area contributed by atoms with Crippen molar-refractivity contribution >= 4 is 19.5 Å². The smallest absolute Gasteiger partial charge is 0.400 e. The minimum absolute atomic E-state index is 0.252. The molecule has 1 saturated heterocycles. The van der Waals surface area contributed by atoms with Crippen LogP contribution in [0.2, 0.25) is 0 Å². The van der Waals surface area contributed by atoms with Gasteiger partial charge in [0.05, 0.1) is 11.2 Å². The molecule has 0 bridgehead atoms. The van der Waals surface area contributed by atoms with Crippen LogP contribution >= 0.6 is 0 Å². The van der Waals surface area contributed by atoms with E-state index >= 15 is 0 Å². The lowest BCUT2D eigenvalue weighted by Crippen LogP contribution is -2.41. The number of carbonyl (C=O) groups is 1. The van der Waals surface area contributed by atoms with E-state index in [4.69, 9.17) is 9.31 Å². The predicted molar refractivity (Wildman–Crippen MR) is 89.8 cm³/mol. The molecule has 6 heteroatoms. The molecule has 1 N–H and O–H groups in total. The molecule has 1 aromatic carbocycles. The van der Waals surface area contributed by atoms with Crippen molar-refractivity contribution in [3.8, 4) is 0 Å². The molecule has 124 valence electrons. The highest BCUT2D eigenvalue weighted by Crippen LogP contribution is 2.38. The topological polar surface area (TPSA) is 47.6 Å². The summed E-state index contributed by atoms with van der Waals surface area (Å²) in [5.74, 6) is -0.445. The van der Waals surface area contributed by atoms with Crippen LogP contribution in [0.3, 0.4) is 0 Å². The summed E-state index contributed by atoms with van der Waals surface area (Å²) in [6, 6.07) is 4.44. The van der Waals surface area contributed by atoms with E-state index in [0.29, 0.717) is 18.4 Å². The van der Waals surface area contributed by atoms with Crippen molar-refractivity contribution in [2.75, 3.05) is 13.6 Å². The highest BCUT2D eigenvalue weighted by atomic mass is 19.1. The second-order valence-electron chi connectivity index (χ2n) is 6.70. The van der Waals surface area contributed by atoms with E-state index in [-0.39, 0.29) is 5.56 Å². The number of benzene rings is 1. The van der Waals surface area contributed by atoms with Crippen molar-refractivity contribution in [1.82, 2.24) is 5.32 Å². The third kappa shape index (κ3) is 3.55. The molecule has 0 radical (unpaired) electrons. The van der Waals surface area contributed by atoms with E-state index in [1.54, 1.807) is 19.2 Å². The summed E-state index contributed by atoms with van der Waals surface area (Å²) in [4.78, 5) is 11.2. The number of hydrogen-bond donors (Lipinski definition) is 1. The largest absolute Gasteiger partial charge is 0.491 e. The first kappa shape index (κ1) is 17.9. The Balaban J connectivity index is 2.43. The lowest BCUT2D eigenvalue weighted by atomic mass is 9.76.